The molecule has 2 heterocycles. The van der Waals surface area contributed by atoms with Crippen molar-refractivity contribution in [2.75, 3.05) is 26.2 Å². The monoisotopic (exact) mass is 204 g/mol. The van der Waals surface area contributed by atoms with Crippen LogP contribution in [0.15, 0.2) is 0 Å². The van der Waals surface area contributed by atoms with Crippen LogP contribution < -0.4 is 5.32 Å². The molecule has 0 aliphatic carbocycles. The molecule has 0 aromatic heterocycles. The molecule has 0 spiro atoms. The molecule has 2 fully saturated rings. The Kier molecular flexibility index (Phi) is 5.07. The number of piperidine rings is 1. The van der Waals surface area contributed by atoms with Gasteiger partial charge in [-0.3, -0.25) is 0 Å². The lowest BCUT2D eigenvalue weighted by Gasteiger charge is -2.27. The van der Waals surface area contributed by atoms with E-state index in [1.54, 1.807) is 0 Å². The van der Waals surface area contributed by atoms with Gasteiger partial charge in [0.1, 0.15) is 0 Å². The van der Waals surface area contributed by atoms with Crippen molar-refractivity contribution in [1.29, 1.82) is 0 Å². The van der Waals surface area contributed by atoms with E-state index in [1.165, 1.54) is 58.3 Å². The van der Waals surface area contributed by atoms with E-state index in [2.05, 4.69) is 10.2 Å². The first kappa shape index (κ1) is 11.3. The van der Waals surface area contributed by atoms with E-state index < -0.39 is 0 Å². The first-order valence-electron chi connectivity index (χ1n) is 5.41. The Bertz CT molecular complexity index is 129. The number of hydrogen-bond acceptors (Lipinski definition) is 2. The van der Waals surface area contributed by atoms with Crippen molar-refractivity contribution in [2.45, 2.75) is 38.1 Å². The van der Waals surface area contributed by atoms with E-state index in [1.807, 2.05) is 0 Å². The third-order valence-electron chi connectivity index (χ3n) is 3.09. The minimum atomic E-state index is 0. The predicted octanol–water partition coefficient (Wildman–Crippen LogP) is 1.65. The van der Waals surface area contributed by atoms with Gasteiger partial charge >= 0.3 is 0 Å². The van der Waals surface area contributed by atoms with Crippen molar-refractivity contribution < 1.29 is 0 Å². The normalized spacial score (nSPS) is 30.0. The Hall–Kier alpha value is 0.210. The van der Waals surface area contributed by atoms with Gasteiger partial charge in [0.2, 0.25) is 0 Å². The van der Waals surface area contributed by atoms with Crippen LogP contribution in [0.5, 0.6) is 0 Å². The van der Waals surface area contributed by atoms with Crippen LogP contribution in [0.3, 0.4) is 0 Å². The molecule has 3 heteroatoms. The van der Waals surface area contributed by atoms with Gasteiger partial charge in [-0.1, -0.05) is 6.42 Å². The number of nitrogens with zero attached hydrogens (tertiary/aromatic N) is 1. The fourth-order valence-corrected chi connectivity index (χ4v) is 2.36. The molecule has 2 nitrogen and oxygen atoms in total. The molecule has 0 aromatic carbocycles. The number of rotatable bonds is 2. The van der Waals surface area contributed by atoms with Crippen LogP contribution in [0, 0.1) is 0 Å². The SMILES string of the molecule is C1CCC(CN2CCCC2)NC1.Cl. The van der Waals surface area contributed by atoms with Gasteiger partial charge < -0.3 is 10.2 Å². The molecule has 0 saturated carbocycles. The second-order valence-electron chi connectivity index (χ2n) is 4.15. The number of likely N-dealkylation sites (tertiary alicyclic amines) is 1. The lowest BCUT2D eigenvalue weighted by atomic mass is 10.0. The summed E-state index contributed by atoms with van der Waals surface area (Å²) in [5, 5.41) is 3.60. The first-order valence-corrected chi connectivity index (χ1v) is 5.41. The molecule has 13 heavy (non-hydrogen) atoms. The maximum Gasteiger partial charge on any atom is 0.0195 e. The summed E-state index contributed by atoms with van der Waals surface area (Å²) < 4.78 is 0. The van der Waals surface area contributed by atoms with Crippen LogP contribution in [-0.2, 0) is 0 Å². The molecule has 0 aromatic rings. The van der Waals surface area contributed by atoms with E-state index in [-0.39, 0.29) is 12.4 Å². The van der Waals surface area contributed by atoms with Gasteiger partial charge in [0, 0.05) is 12.6 Å². The highest BCUT2D eigenvalue weighted by Gasteiger charge is 2.18. The fraction of sp³-hybridized carbons (Fsp3) is 1.00. The highest BCUT2D eigenvalue weighted by Crippen LogP contribution is 2.12. The molecule has 1 N–H and O–H groups in total. The van der Waals surface area contributed by atoms with Gasteiger partial charge in [-0.2, -0.15) is 0 Å². The van der Waals surface area contributed by atoms with Gasteiger partial charge in [-0.25, -0.2) is 0 Å². The van der Waals surface area contributed by atoms with Crippen molar-refractivity contribution in [3.63, 3.8) is 0 Å². The standard InChI is InChI=1S/C10H20N2.ClH/c1-2-6-11-10(5-1)9-12-7-3-4-8-12;/h10-11H,1-9H2;1H. The van der Waals surface area contributed by atoms with E-state index in [0.29, 0.717) is 0 Å². The molecular formula is C10H21ClN2. The van der Waals surface area contributed by atoms with Crippen LogP contribution in [0.4, 0.5) is 0 Å². The first-order chi connectivity index (χ1) is 5.95. The van der Waals surface area contributed by atoms with Crippen molar-refractivity contribution in [3.05, 3.63) is 0 Å². The lowest BCUT2D eigenvalue weighted by Crippen LogP contribution is -2.42. The summed E-state index contributed by atoms with van der Waals surface area (Å²) in [7, 11) is 0. The van der Waals surface area contributed by atoms with Crippen LogP contribution in [0.25, 0.3) is 0 Å². The fourth-order valence-electron chi connectivity index (χ4n) is 2.36. The smallest absolute Gasteiger partial charge is 0.0195 e. The molecule has 2 aliphatic rings. The Morgan fingerprint density at radius 3 is 2.46 bits per heavy atom. The average molecular weight is 205 g/mol. The Morgan fingerprint density at radius 2 is 1.85 bits per heavy atom. The highest BCUT2D eigenvalue weighted by molar-refractivity contribution is 5.85. The predicted molar refractivity (Wildman–Crippen MR) is 58.6 cm³/mol. The zero-order chi connectivity index (χ0) is 8.23. The maximum absolute atomic E-state index is 3.60. The largest absolute Gasteiger partial charge is 0.313 e. The van der Waals surface area contributed by atoms with E-state index >= 15 is 0 Å². The second kappa shape index (κ2) is 5.84. The summed E-state index contributed by atoms with van der Waals surface area (Å²) in [6.45, 7) is 5.24. The lowest BCUT2D eigenvalue weighted by molar-refractivity contribution is 0.263. The van der Waals surface area contributed by atoms with Crippen molar-refractivity contribution >= 4 is 12.4 Å². The second-order valence-corrected chi connectivity index (χ2v) is 4.15. The van der Waals surface area contributed by atoms with Gasteiger partial charge in [0.05, 0.1) is 0 Å². The zero-order valence-corrected chi connectivity index (χ0v) is 9.11. The number of hydrogen-bond donors (Lipinski definition) is 1. The minimum Gasteiger partial charge on any atom is -0.313 e. The molecule has 0 bridgehead atoms. The van der Waals surface area contributed by atoms with Gasteiger partial charge in [-0.15, -0.1) is 12.4 Å². The maximum atomic E-state index is 3.60. The summed E-state index contributed by atoms with van der Waals surface area (Å²) in [5.41, 5.74) is 0. The van der Waals surface area contributed by atoms with Crippen LogP contribution in [0.2, 0.25) is 0 Å². The van der Waals surface area contributed by atoms with E-state index in [9.17, 15) is 0 Å². The molecule has 2 rings (SSSR count). The van der Waals surface area contributed by atoms with Crippen molar-refractivity contribution in [1.82, 2.24) is 10.2 Å². The van der Waals surface area contributed by atoms with E-state index in [0.717, 1.165) is 6.04 Å². The third kappa shape index (κ3) is 3.45. The molecule has 78 valence electrons. The molecule has 1 unspecified atom stereocenters. The van der Waals surface area contributed by atoms with Gasteiger partial charge in [-0.05, 0) is 45.3 Å². The zero-order valence-electron chi connectivity index (χ0n) is 8.30. The van der Waals surface area contributed by atoms with Crippen molar-refractivity contribution in [2.24, 2.45) is 0 Å². The highest BCUT2D eigenvalue weighted by atomic mass is 35.5. The minimum absolute atomic E-state index is 0. The summed E-state index contributed by atoms with van der Waals surface area (Å²) in [6, 6.07) is 0.803. The summed E-state index contributed by atoms with van der Waals surface area (Å²) >= 11 is 0. The van der Waals surface area contributed by atoms with Crippen LogP contribution in [-0.4, -0.2) is 37.1 Å². The quantitative estimate of drug-likeness (QED) is 0.736. The summed E-state index contributed by atoms with van der Waals surface area (Å²) in [6.07, 6.45) is 7.07. The summed E-state index contributed by atoms with van der Waals surface area (Å²) in [4.78, 5) is 2.61. The van der Waals surface area contributed by atoms with Gasteiger partial charge in [0.25, 0.3) is 0 Å². The number of halogens is 1. The van der Waals surface area contributed by atoms with E-state index in [4.69, 9.17) is 0 Å². The Balaban J connectivity index is 0.000000845. The molecule has 2 saturated heterocycles. The Morgan fingerprint density at radius 1 is 1.08 bits per heavy atom. The van der Waals surface area contributed by atoms with Crippen LogP contribution >= 0.6 is 12.4 Å². The Labute approximate surface area is 87.5 Å². The molecule has 0 amide bonds. The molecular weight excluding hydrogens is 184 g/mol. The van der Waals surface area contributed by atoms with Gasteiger partial charge in [0.15, 0.2) is 0 Å². The molecule has 2 aliphatic heterocycles. The van der Waals surface area contributed by atoms with Crippen LogP contribution in [0.1, 0.15) is 32.1 Å². The topological polar surface area (TPSA) is 15.3 Å². The summed E-state index contributed by atoms with van der Waals surface area (Å²) in [5.74, 6) is 0. The number of nitrogens with one attached hydrogen (secondary N) is 1. The average Bonchev–Trinajstić information content (AvgIpc) is 2.59. The third-order valence-corrected chi connectivity index (χ3v) is 3.09. The van der Waals surface area contributed by atoms with Crippen molar-refractivity contribution in [3.8, 4) is 0 Å². The molecule has 0 radical (unpaired) electrons. The molecule has 1 atom stereocenters.